The van der Waals surface area contributed by atoms with Crippen LogP contribution in [-0.4, -0.2) is 29.5 Å². The first-order valence-corrected chi connectivity index (χ1v) is 6.93. The van der Waals surface area contributed by atoms with E-state index >= 15 is 0 Å². The first kappa shape index (κ1) is 15.4. The monoisotopic (exact) mass is 294 g/mol. The van der Waals surface area contributed by atoms with E-state index in [-0.39, 0.29) is 12.5 Å². The van der Waals surface area contributed by atoms with Crippen molar-refractivity contribution >= 4 is 17.5 Å². The number of rotatable bonds is 3. The zero-order valence-electron chi connectivity index (χ0n) is 12.3. The van der Waals surface area contributed by atoms with Crippen molar-refractivity contribution in [2.75, 3.05) is 11.4 Å². The summed E-state index contributed by atoms with van der Waals surface area (Å²) in [5.74, 6) is -1.19. The number of aliphatic hydroxyl groups excluding tert-OH is 1. The minimum Gasteiger partial charge on any atom is -0.389 e. The Hall–Kier alpha value is -1.95. The van der Waals surface area contributed by atoms with E-state index in [4.69, 9.17) is 0 Å². The molecule has 2 atom stereocenters. The quantitative estimate of drug-likeness (QED) is 0.827. The highest BCUT2D eigenvalue weighted by molar-refractivity contribution is 6.04. The number of amides is 2. The van der Waals surface area contributed by atoms with E-state index in [0.717, 1.165) is 0 Å². The molecule has 114 valence electrons. The number of anilines is 1. The molecule has 0 radical (unpaired) electrons. The number of aliphatic hydroxyl groups is 1. The number of piperazine rings is 1. The normalized spacial score (nSPS) is 20.4. The molecule has 5 nitrogen and oxygen atoms in total. The minimum atomic E-state index is -0.896. The number of carbonyl (C=O) groups is 2. The fourth-order valence-electron chi connectivity index (χ4n) is 2.59. The molecule has 0 bridgehead atoms. The largest absolute Gasteiger partial charge is 0.389 e. The Bertz CT molecular complexity index is 587. The summed E-state index contributed by atoms with van der Waals surface area (Å²) in [4.78, 5) is 25.2. The maximum atomic E-state index is 13.7. The van der Waals surface area contributed by atoms with Crippen LogP contribution in [0.4, 0.5) is 10.1 Å². The van der Waals surface area contributed by atoms with Gasteiger partial charge in [-0.1, -0.05) is 6.92 Å². The second kappa shape index (κ2) is 5.81. The van der Waals surface area contributed by atoms with Crippen LogP contribution in [0.2, 0.25) is 0 Å². The van der Waals surface area contributed by atoms with Crippen LogP contribution in [-0.2, 0) is 9.59 Å². The SMILES string of the molecule is CCC1C(=O)NC(=O)CN1c1cc(C)c(F)cc1C(C)O. The Kier molecular flexibility index (Phi) is 4.27. The van der Waals surface area contributed by atoms with Crippen LogP contribution < -0.4 is 10.2 Å². The standard InChI is InChI=1S/C15H19FN2O3/c1-4-12-15(21)17-14(20)7-18(12)13-5-8(2)11(16)6-10(13)9(3)19/h5-6,9,12,19H,4,7H2,1-3H3,(H,17,20,21). The van der Waals surface area contributed by atoms with Gasteiger partial charge in [-0.05, 0) is 38.0 Å². The fourth-order valence-corrected chi connectivity index (χ4v) is 2.59. The maximum absolute atomic E-state index is 13.7. The predicted octanol–water partition coefficient (Wildman–Crippen LogP) is 1.43. The minimum absolute atomic E-state index is 0.00897. The van der Waals surface area contributed by atoms with E-state index in [1.807, 2.05) is 6.92 Å². The zero-order valence-corrected chi connectivity index (χ0v) is 12.3. The van der Waals surface area contributed by atoms with Crippen LogP contribution >= 0.6 is 0 Å². The van der Waals surface area contributed by atoms with E-state index in [0.29, 0.717) is 23.2 Å². The molecule has 21 heavy (non-hydrogen) atoms. The fraction of sp³-hybridized carbons (Fsp3) is 0.467. The molecule has 6 heteroatoms. The van der Waals surface area contributed by atoms with Gasteiger partial charge in [-0.2, -0.15) is 0 Å². The van der Waals surface area contributed by atoms with Crippen molar-refractivity contribution in [1.29, 1.82) is 0 Å². The van der Waals surface area contributed by atoms with Crippen LogP contribution in [0.25, 0.3) is 0 Å². The molecule has 0 aromatic heterocycles. The highest BCUT2D eigenvalue weighted by Crippen LogP contribution is 2.32. The number of hydrogen-bond donors (Lipinski definition) is 2. The van der Waals surface area contributed by atoms with E-state index in [1.165, 1.54) is 13.0 Å². The molecule has 2 amide bonds. The van der Waals surface area contributed by atoms with Crippen LogP contribution in [0.1, 0.15) is 37.5 Å². The van der Waals surface area contributed by atoms with Gasteiger partial charge < -0.3 is 10.0 Å². The number of carbonyl (C=O) groups excluding carboxylic acids is 2. The van der Waals surface area contributed by atoms with Gasteiger partial charge in [0.05, 0.1) is 12.6 Å². The third kappa shape index (κ3) is 2.90. The van der Waals surface area contributed by atoms with E-state index in [2.05, 4.69) is 5.32 Å². The van der Waals surface area contributed by atoms with E-state index in [9.17, 15) is 19.1 Å². The molecule has 1 aliphatic rings. The number of halogens is 1. The maximum Gasteiger partial charge on any atom is 0.249 e. The lowest BCUT2D eigenvalue weighted by Gasteiger charge is -2.37. The van der Waals surface area contributed by atoms with Crippen molar-refractivity contribution in [3.63, 3.8) is 0 Å². The summed E-state index contributed by atoms with van der Waals surface area (Å²) < 4.78 is 13.7. The van der Waals surface area contributed by atoms with E-state index < -0.39 is 23.9 Å². The van der Waals surface area contributed by atoms with Gasteiger partial charge >= 0.3 is 0 Å². The third-order valence-corrected chi connectivity index (χ3v) is 3.71. The van der Waals surface area contributed by atoms with Crippen molar-refractivity contribution in [2.24, 2.45) is 0 Å². The highest BCUT2D eigenvalue weighted by atomic mass is 19.1. The molecular formula is C15H19FN2O3. The molecule has 0 aliphatic carbocycles. The highest BCUT2D eigenvalue weighted by Gasteiger charge is 2.34. The Morgan fingerprint density at radius 3 is 2.71 bits per heavy atom. The van der Waals surface area contributed by atoms with Crippen molar-refractivity contribution in [2.45, 2.75) is 39.3 Å². The second-order valence-electron chi connectivity index (χ2n) is 5.30. The molecule has 0 spiro atoms. The molecule has 1 fully saturated rings. The van der Waals surface area contributed by atoms with Crippen LogP contribution in [0.3, 0.4) is 0 Å². The van der Waals surface area contributed by atoms with Gasteiger partial charge in [0.1, 0.15) is 11.9 Å². The average Bonchev–Trinajstić information content (AvgIpc) is 2.40. The first-order chi connectivity index (χ1) is 9.85. The third-order valence-electron chi connectivity index (χ3n) is 3.71. The smallest absolute Gasteiger partial charge is 0.249 e. The van der Waals surface area contributed by atoms with Gasteiger partial charge in [0, 0.05) is 11.3 Å². The second-order valence-corrected chi connectivity index (χ2v) is 5.30. The molecule has 1 saturated heterocycles. The summed E-state index contributed by atoms with van der Waals surface area (Å²) in [5.41, 5.74) is 1.31. The zero-order chi connectivity index (χ0) is 15.7. The van der Waals surface area contributed by atoms with Crippen LogP contribution in [0.15, 0.2) is 12.1 Å². The summed E-state index contributed by atoms with van der Waals surface area (Å²) in [6.45, 7) is 4.98. The molecule has 1 aromatic carbocycles. The topological polar surface area (TPSA) is 69.6 Å². The number of benzene rings is 1. The molecule has 1 aromatic rings. The predicted molar refractivity (Wildman–Crippen MR) is 76.3 cm³/mol. The van der Waals surface area contributed by atoms with Crippen molar-refractivity contribution in [3.05, 3.63) is 29.1 Å². The van der Waals surface area contributed by atoms with Crippen molar-refractivity contribution in [3.8, 4) is 0 Å². The number of hydrogen-bond acceptors (Lipinski definition) is 4. The summed E-state index contributed by atoms with van der Waals surface area (Å²) in [6, 6.07) is 2.33. The first-order valence-electron chi connectivity index (χ1n) is 6.93. The Morgan fingerprint density at radius 1 is 1.48 bits per heavy atom. The molecular weight excluding hydrogens is 275 g/mol. The Morgan fingerprint density at radius 2 is 2.14 bits per heavy atom. The molecule has 2 unspecified atom stereocenters. The molecule has 1 heterocycles. The van der Waals surface area contributed by atoms with Gasteiger partial charge in [0.15, 0.2) is 0 Å². The summed E-state index contributed by atoms with van der Waals surface area (Å²) in [6.07, 6.45) is -0.387. The van der Waals surface area contributed by atoms with Gasteiger partial charge in [-0.3, -0.25) is 14.9 Å². The lowest BCUT2D eigenvalue weighted by molar-refractivity contribution is -0.132. The Balaban J connectivity index is 2.54. The van der Waals surface area contributed by atoms with E-state index in [1.54, 1.807) is 17.9 Å². The van der Waals surface area contributed by atoms with Gasteiger partial charge in [0.2, 0.25) is 11.8 Å². The summed E-state index contributed by atoms with van der Waals surface area (Å²) >= 11 is 0. The number of nitrogens with zero attached hydrogens (tertiary/aromatic N) is 1. The van der Waals surface area contributed by atoms with Crippen LogP contribution in [0, 0.1) is 12.7 Å². The lowest BCUT2D eigenvalue weighted by Crippen LogP contribution is -2.58. The Labute approximate surface area is 122 Å². The number of aryl methyl sites for hydroxylation is 1. The summed E-state index contributed by atoms with van der Waals surface area (Å²) in [5, 5.41) is 12.2. The van der Waals surface area contributed by atoms with Gasteiger partial charge in [-0.15, -0.1) is 0 Å². The average molecular weight is 294 g/mol. The number of nitrogens with one attached hydrogen (secondary N) is 1. The molecule has 0 saturated carbocycles. The molecule has 2 rings (SSSR count). The summed E-state index contributed by atoms with van der Waals surface area (Å²) in [7, 11) is 0. The van der Waals surface area contributed by atoms with Crippen molar-refractivity contribution in [1.82, 2.24) is 5.32 Å². The lowest BCUT2D eigenvalue weighted by atomic mass is 10.0. The van der Waals surface area contributed by atoms with Gasteiger partial charge in [-0.25, -0.2) is 4.39 Å². The molecule has 2 N–H and O–H groups in total. The van der Waals surface area contributed by atoms with Crippen molar-refractivity contribution < 1.29 is 19.1 Å². The van der Waals surface area contributed by atoms with Gasteiger partial charge in [0.25, 0.3) is 0 Å². The van der Waals surface area contributed by atoms with Crippen LogP contribution in [0.5, 0.6) is 0 Å². The number of imide groups is 1. The molecule has 1 aliphatic heterocycles.